The first-order valence-corrected chi connectivity index (χ1v) is 6.47. The largest absolute Gasteiger partial charge is 0.494 e. The SMILES string of the molecule is CCOc1cccc(OCc2c(N)cccc2Cl)c1. The topological polar surface area (TPSA) is 44.5 Å². The lowest BCUT2D eigenvalue weighted by Crippen LogP contribution is -2.01. The monoisotopic (exact) mass is 277 g/mol. The fourth-order valence-electron chi connectivity index (χ4n) is 1.70. The van der Waals surface area contributed by atoms with E-state index < -0.39 is 0 Å². The van der Waals surface area contributed by atoms with Gasteiger partial charge in [0.05, 0.1) is 6.61 Å². The molecule has 3 nitrogen and oxygen atoms in total. The third-order valence-corrected chi connectivity index (χ3v) is 3.01. The first-order chi connectivity index (χ1) is 9.20. The van der Waals surface area contributed by atoms with E-state index in [-0.39, 0.29) is 0 Å². The summed E-state index contributed by atoms with van der Waals surface area (Å²) in [6, 6.07) is 12.9. The predicted octanol–water partition coefficient (Wildman–Crippen LogP) is 3.90. The van der Waals surface area contributed by atoms with E-state index in [0.717, 1.165) is 17.1 Å². The van der Waals surface area contributed by atoms with E-state index in [9.17, 15) is 0 Å². The van der Waals surface area contributed by atoms with Gasteiger partial charge in [0.25, 0.3) is 0 Å². The van der Waals surface area contributed by atoms with Gasteiger partial charge in [-0.1, -0.05) is 23.7 Å². The summed E-state index contributed by atoms with van der Waals surface area (Å²) in [6.45, 7) is 2.90. The quantitative estimate of drug-likeness (QED) is 0.843. The van der Waals surface area contributed by atoms with Crippen LogP contribution in [0.25, 0.3) is 0 Å². The Kier molecular flexibility index (Phi) is 4.53. The minimum atomic E-state index is 0.334. The van der Waals surface area contributed by atoms with Crippen LogP contribution in [0.2, 0.25) is 5.02 Å². The summed E-state index contributed by atoms with van der Waals surface area (Å²) in [5.74, 6) is 1.51. The first kappa shape index (κ1) is 13.6. The van der Waals surface area contributed by atoms with Crippen LogP contribution in [-0.2, 0) is 6.61 Å². The van der Waals surface area contributed by atoms with Crippen molar-refractivity contribution >= 4 is 17.3 Å². The van der Waals surface area contributed by atoms with E-state index in [2.05, 4.69) is 0 Å². The molecule has 2 aromatic rings. The van der Waals surface area contributed by atoms with Gasteiger partial charge in [0.2, 0.25) is 0 Å². The smallest absolute Gasteiger partial charge is 0.123 e. The molecule has 0 aliphatic rings. The molecule has 2 aromatic carbocycles. The van der Waals surface area contributed by atoms with Crippen LogP contribution in [0.1, 0.15) is 12.5 Å². The van der Waals surface area contributed by atoms with Crippen LogP contribution in [0.3, 0.4) is 0 Å². The van der Waals surface area contributed by atoms with Crippen molar-refractivity contribution in [2.24, 2.45) is 0 Å². The summed E-state index contributed by atoms with van der Waals surface area (Å²) in [4.78, 5) is 0. The maximum atomic E-state index is 6.09. The summed E-state index contributed by atoms with van der Waals surface area (Å²) >= 11 is 6.09. The summed E-state index contributed by atoms with van der Waals surface area (Å²) in [7, 11) is 0. The van der Waals surface area contributed by atoms with Crippen LogP contribution < -0.4 is 15.2 Å². The molecule has 2 N–H and O–H groups in total. The number of hydrogen-bond donors (Lipinski definition) is 1. The maximum Gasteiger partial charge on any atom is 0.123 e. The molecule has 0 aromatic heterocycles. The van der Waals surface area contributed by atoms with Gasteiger partial charge in [0.15, 0.2) is 0 Å². The van der Waals surface area contributed by atoms with Crippen molar-refractivity contribution in [1.82, 2.24) is 0 Å². The molecule has 0 heterocycles. The molecular weight excluding hydrogens is 262 g/mol. The molecule has 0 amide bonds. The van der Waals surface area contributed by atoms with Gasteiger partial charge in [-0.3, -0.25) is 0 Å². The average molecular weight is 278 g/mol. The van der Waals surface area contributed by atoms with E-state index in [1.807, 2.05) is 37.3 Å². The molecule has 2 rings (SSSR count). The second-order valence-corrected chi connectivity index (χ2v) is 4.41. The van der Waals surface area contributed by atoms with Gasteiger partial charge in [-0.2, -0.15) is 0 Å². The highest BCUT2D eigenvalue weighted by molar-refractivity contribution is 6.31. The molecule has 0 aliphatic carbocycles. The zero-order valence-corrected chi connectivity index (χ0v) is 11.5. The molecule has 0 spiro atoms. The van der Waals surface area contributed by atoms with E-state index in [1.165, 1.54) is 0 Å². The molecular formula is C15H16ClNO2. The van der Waals surface area contributed by atoms with Gasteiger partial charge in [0.1, 0.15) is 18.1 Å². The number of hydrogen-bond acceptors (Lipinski definition) is 3. The van der Waals surface area contributed by atoms with Crippen molar-refractivity contribution in [2.45, 2.75) is 13.5 Å². The van der Waals surface area contributed by atoms with E-state index in [1.54, 1.807) is 12.1 Å². The van der Waals surface area contributed by atoms with Crippen molar-refractivity contribution in [3.8, 4) is 11.5 Å². The Morgan fingerprint density at radius 3 is 2.42 bits per heavy atom. The number of nitrogens with two attached hydrogens (primary N) is 1. The lowest BCUT2D eigenvalue weighted by molar-refractivity contribution is 0.300. The molecule has 0 saturated carbocycles. The molecule has 4 heteroatoms. The van der Waals surface area contributed by atoms with E-state index >= 15 is 0 Å². The summed E-state index contributed by atoms with van der Waals surface area (Å²) in [5, 5.41) is 0.612. The van der Waals surface area contributed by atoms with E-state index in [4.69, 9.17) is 26.8 Å². The number of benzene rings is 2. The highest BCUT2D eigenvalue weighted by Crippen LogP contribution is 2.25. The number of anilines is 1. The zero-order valence-electron chi connectivity index (χ0n) is 10.7. The number of nitrogen functional groups attached to an aromatic ring is 1. The maximum absolute atomic E-state index is 6.09. The van der Waals surface area contributed by atoms with Crippen LogP contribution in [-0.4, -0.2) is 6.61 Å². The molecule has 0 radical (unpaired) electrons. The van der Waals surface area contributed by atoms with Crippen molar-refractivity contribution in [3.05, 3.63) is 53.1 Å². The second-order valence-electron chi connectivity index (χ2n) is 4.00. The Labute approximate surface area is 117 Å². The van der Waals surface area contributed by atoms with Crippen LogP contribution in [0.5, 0.6) is 11.5 Å². The Morgan fingerprint density at radius 2 is 1.74 bits per heavy atom. The highest BCUT2D eigenvalue weighted by Gasteiger charge is 2.05. The molecule has 0 fully saturated rings. The molecule has 19 heavy (non-hydrogen) atoms. The Balaban J connectivity index is 2.08. The predicted molar refractivity (Wildman–Crippen MR) is 77.8 cm³/mol. The zero-order chi connectivity index (χ0) is 13.7. The third-order valence-electron chi connectivity index (χ3n) is 2.65. The van der Waals surface area contributed by atoms with Gasteiger partial charge < -0.3 is 15.2 Å². The van der Waals surface area contributed by atoms with Crippen LogP contribution in [0.15, 0.2) is 42.5 Å². The third kappa shape index (κ3) is 3.55. The van der Waals surface area contributed by atoms with Gasteiger partial charge in [0, 0.05) is 22.3 Å². The fraction of sp³-hybridized carbons (Fsp3) is 0.200. The molecule has 100 valence electrons. The van der Waals surface area contributed by atoms with Gasteiger partial charge in [-0.05, 0) is 31.2 Å². The van der Waals surface area contributed by atoms with Crippen molar-refractivity contribution in [1.29, 1.82) is 0 Å². The molecule has 0 bridgehead atoms. The first-order valence-electron chi connectivity index (χ1n) is 6.09. The molecule has 0 saturated heterocycles. The van der Waals surface area contributed by atoms with Crippen LogP contribution in [0, 0.1) is 0 Å². The lowest BCUT2D eigenvalue weighted by atomic mass is 10.2. The Morgan fingerprint density at radius 1 is 1.05 bits per heavy atom. The highest BCUT2D eigenvalue weighted by atomic mass is 35.5. The fourth-order valence-corrected chi connectivity index (χ4v) is 1.94. The Hall–Kier alpha value is -1.87. The average Bonchev–Trinajstić information content (AvgIpc) is 2.39. The number of halogens is 1. The standard InChI is InChI=1S/C15H16ClNO2/c1-2-18-11-5-3-6-12(9-11)19-10-13-14(16)7-4-8-15(13)17/h3-9H,2,10,17H2,1H3. The summed E-state index contributed by atoms with van der Waals surface area (Å²) < 4.78 is 11.1. The van der Waals surface area contributed by atoms with Crippen molar-refractivity contribution in [3.63, 3.8) is 0 Å². The minimum Gasteiger partial charge on any atom is -0.494 e. The van der Waals surface area contributed by atoms with Crippen molar-refractivity contribution in [2.75, 3.05) is 12.3 Å². The van der Waals surface area contributed by atoms with E-state index in [0.29, 0.717) is 23.9 Å². The lowest BCUT2D eigenvalue weighted by Gasteiger charge is -2.11. The summed E-state index contributed by atoms with van der Waals surface area (Å²) in [5.41, 5.74) is 7.30. The van der Waals surface area contributed by atoms with Crippen molar-refractivity contribution < 1.29 is 9.47 Å². The molecule has 0 aliphatic heterocycles. The number of rotatable bonds is 5. The summed E-state index contributed by atoms with van der Waals surface area (Å²) in [6.07, 6.45) is 0. The van der Waals surface area contributed by atoms with Gasteiger partial charge in [-0.15, -0.1) is 0 Å². The van der Waals surface area contributed by atoms with Gasteiger partial charge >= 0.3 is 0 Å². The normalized spacial score (nSPS) is 10.2. The van der Waals surface area contributed by atoms with Crippen LogP contribution >= 0.6 is 11.6 Å². The second kappa shape index (κ2) is 6.34. The molecule has 0 unspecified atom stereocenters. The van der Waals surface area contributed by atoms with Gasteiger partial charge in [-0.25, -0.2) is 0 Å². The minimum absolute atomic E-state index is 0.334. The van der Waals surface area contributed by atoms with Crippen LogP contribution in [0.4, 0.5) is 5.69 Å². The Bertz CT molecular complexity index is 537. The molecule has 0 atom stereocenters. The number of ether oxygens (including phenoxy) is 2.